The first-order valence-corrected chi connectivity index (χ1v) is 4.34. The standard InChI is InChI=1S/C8H15FN2O2/c1-3-13-7(12)8(9)4-5-11(2)6(8)10/h6H,3-5,10H2,1-2H3. The van der Waals surface area contributed by atoms with E-state index < -0.39 is 17.8 Å². The first-order valence-electron chi connectivity index (χ1n) is 4.34. The van der Waals surface area contributed by atoms with E-state index in [0.717, 1.165) is 0 Å². The molecule has 2 N–H and O–H groups in total. The van der Waals surface area contributed by atoms with Crippen LogP contribution in [0, 0.1) is 0 Å². The number of carbonyl (C=O) groups is 1. The van der Waals surface area contributed by atoms with Crippen molar-refractivity contribution >= 4 is 5.97 Å². The summed E-state index contributed by atoms with van der Waals surface area (Å²) in [5.41, 5.74) is 3.51. The Hall–Kier alpha value is -0.680. The number of alkyl halides is 1. The average molecular weight is 190 g/mol. The molecule has 0 bridgehead atoms. The topological polar surface area (TPSA) is 55.6 Å². The van der Waals surface area contributed by atoms with Gasteiger partial charge in [0, 0.05) is 13.0 Å². The normalized spacial score (nSPS) is 34.9. The molecule has 1 rings (SSSR count). The third kappa shape index (κ3) is 1.66. The van der Waals surface area contributed by atoms with E-state index in [-0.39, 0.29) is 13.0 Å². The van der Waals surface area contributed by atoms with Crippen molar-refractivity contribution in [3.8, 4) is 0 Å². The van der Waals surface area contributed by atoms with Crippen LogP contribution in [0.25, 0.3) is 0 Å². The second-order valence-electron chi connectivity index (χ2n) is 3.26. The zero-order chi connectivity index (χ0) is 10.1. The Morgan fingerprint density at radius 1 is 1.85 bits per heavy atom. The molecular weight excluding hydrogens is 175 g/mol. The van der Waals surface area contributed by atoms with Crippen molar-refractivity contribution in [1.29, 1.82) is 0 Å². The van der Waals surface area contributed by atoms with Crippen LogP contribution in [0.15, 0.2) is 0 Å². The fraction of sp³-hybridized carbons (Fsp3) is 0.875. The van der Waals surface area contributed by atoms with Gasteiger partial charge in [-0.2, -0.15) is 0 Å². The van der Waals surface area contributed by atoms with Crippen LogP contribution in [0.1, 0.15) is 13.3 Å². The molecule has 1 saturated heterocycles. The molecule has 0 aliphatic carbocycles. The van der Waals surface area contributed by atoms with Crippen molar-refractivity contribution in [2.24, 2.45) is 5.73 Å². The van der Waals surface area contributed by atoms with Gasteiger partial charge in [-0.25, -0.2) is 9.18 Å². The smallest absolute Gasteiger partial charge is 0.347 e. The minimum atomic E-state index is -2.02. The Kier molecular flexibility index (Phi) is 2.87. The van der Waals surface area contributed by atoms with Crippen LogP contribution in [0.4, 0.5) is 4.39 Å². The molecule has 5 heteroatoms. The number of halogens is 1. The van der Waals surface area contributed by atoms with Gasteiger partial charge in [0.05, 0.1) is 6.61 Å². The summed E-state index contributed by atoms with van der Waals surface area (Å²) < 4.78 is 18.5. The molecule has 1 aliphatic rings. The molecule has 76 valence electrons. The van der Waals surface area contributed by atoms with Crippen LogP contribution >= 0.6 is 0 Å². The lowest BCUT2D eigenvalue weighted by molar-refractivity contribution is -0.158. The minimum absolute atomic E-state index is 0.115. The lowest BCUT2D eigenvalue weighted by atomic mass is 10.0. The van der Waals surface area contributed by atoms with E-state index in [1.54, 1.807) is 18.9 Å². The first kappa shape index (κ1) is 10.4. The maximum atomic E-state index is 13.9. The Morgan fingerprint density at radius 3 is 2.85 bits per heavy atom. The van der Waals surface area contributed by atoms with Gasteiger partial charge in [0.2, 0.25) is 5.67 Å². The number of nitrogens with zero attached hydrogens (tertiary/aromatic N) is 1. The fourth-order valence-corrected chi connectivity index (χ4v) is 1.45. The largest absolute Gasteiger partial charge is 0.464 e. The highest BCUT2D eigenvalue weighted by Gasteiger charge is 2.52. The monoisotopic (exact) mass is 190 g/mol. The highest BCUT2D eigenvalue weighted by molar-refractivity contribution is 5.80. The summed E-state index contributed by atoms with van der Waals surface area (Å²) in [4.78, 5) is 12.8. The molecule has 0 saturated carbocycles. The highest BCUT2D eigenvalue weighted by Crippen LogP contribution is 2.29. The summed E-state index contributed by atoms with van der Waals surface area (Å²) >= 11 is 0. The van der Waals surface area contributed by atoms with Crippen molar-refractivity contribution in [1.82, 2.24) is 4.90 Å². The third-order valence-electron chi connectivity index (χ3n) is 2.39. The number of ether oxygens (including phenoxy) is 1. The molecule has 4 nitrogen and oxygen atoms in total. The van der Waals surface area contributed by atoms with Crippen molar-refractivity contribution in [3.63, 3.8) is 0 Å². The van der Waals surface area contributed by atoms with Crippen molar-refractivity contribution in [2.45, 2.75) is 25.2 Å². The van der Waals surface area contributed by atoms with Gasteiger partial charge >= 0.3 is 5.97 Å². The van der Waals surface area contributed by atoms with Gasteiger partial charge in [0.15, 0.2) is 0 Å². The summed E-state index contributed by atoms with van der Waals surface area (Å²) in [6.07, 6.45) is -0.768. The van der Waals surface area contributed by atoms with E-state index in [1.165, 1.54) is 0 Å². The van der Waals surface area contributed by atoms with Crippen LogP contribution in [0.3, 0.4) is 0 Å². The van der Waals surface area contributed by atoms with E-state index in [0.29, 0.717) is 6.54 Å². The maximum absolute atomic E-state index is 13.9. The van der Waals surface area contributed by atoms with E-state index in [1.807, 2.05) is 0 Å². The van der Waals surface area contributed by atoms with Gasteiger partial charge in [-0.3, -0.25) is 4.90 Å². The first-order chi connectivity index (χ1) is 6.02. The van der Waals surface area contributed by atoms with E-state index in [4.69, 9.17) is 5.73 Å². The van der Waals surface area contributed by atoms with E-state index in [2.05, 4.69) is 4.74 Å². The van der Waals surface area contributed by atoms with Gasteiger partial charge in [0.25, 0.3) is 0 Å². The molecule has 2 atom stereocenters. The summed E-state index contributed by atoms with van der Waals surface area (Å²) in [5, 5.41) is 0. The SMILES string of the molecule is CCOC(=O)C1(F)CCN(C)C1N. The van der Waals surface area contributed by atoms with Gasteiger partial charge in [-0.1, -0.05) is 0 Å². The van der Waals surface area contributed by atoms with E-state index >= 15 is 0 Å². The minimum Gasteiger partial charge on any atom is -0.464 e. The quantitative estimate of drug-likeness (QED) is 0.617. The lowest BCUT2D eigenvalue weighted by Gasteiger charge is -2.24. The van der Waals surface area contributed by atoms with Crippen molar-refractivity contribution in [3.05, 3.63) is 0 Å². The molecule has 1 heterocycles. The molecule has 13 heavy (non-hydrogen) atoms. The van der Waals surface area contributed by atoms with Crippen LogP contribution in [-0.2, 0) is 9.53 Å². The average Bonchev–Trinajstić information content (AvgIpc) is 2.35. The molecule has 0 aromatic heterocycles. The predicted molar refractivity (Wildman–Crippen MR) is 45.7 cm³/mol. The molecule has 0 amide bonds. The second kappa shape index (κ2) is 3.59. The number of carbonyl (C=O) groups excluding carboxylic acids is 1. The molecule has 0 aromatic carbocycles. The molecule has 1 aliphatic heterocycles. The Bertz CT molecular complexity index is 212. The number of hydrogen-bond donors (Lipinski definition) is 1. The van der Waals surface area contributed by atoms with Gasteiger partial charge in [-0.05, 0) is 14.0 Å². The van der Waals surface area contributed by atoms with Gasteiger partial charge in [-0.15, -0.1) is 0 Å². The fourth-order valence-electron chi connectivity index (χ4n) is 1.45. The number of rotatable bonds is 2. The number of hydrogen-bond acceptors (Lipinski definition) is 4. The second-order valence-corrected chi connectivity index (χ2v) is 3.26. The zero-order valence-corrected chi connectivity index (χ0v) is 7.92. The molecule has 0 spiro atoms. The Labute approximate surface area is 76.8 Å². The number of esters is 1. The third-order valence-corrected chi connectivity index (χ3v) is 2.39. The van der Waals surface area contributed by atoms with Gasteiger partial charge in [0.1, 0.15) is 6.17 Å². The highest BCUT2D eigenvalue weighted by atomic mass is 19.1. The van der Waals surface area contributed by atoms with Crippen LogP contribution in [-0.4, -0.2) is 42.9 Å². The summed E-state index contributed by atoms with van der Waals surface area (Å²) in [6, 6.07) is 0. The predicted octanol–water partition coefficient (Wildman–Crippen LogP) is -0.122. The van der Waals surface area contributed by atoms with Crippen LogP contribution < -0.4 is 5.73 Å². The molecule has 2 unspecified atom stereocenters. The summed E-state index contributed by atoms with van der Waals surface area (Å²) in [5.74, 6) is -0.841. The summed E-state index contributed by atoms with van der Waals surface area (Å²) in [7, 11) is 1.69. The molecule has 0 radical (unpaired) electrons. The molecule has 0 aromatic rings. The Balaban J connectivity index is 2.71. The van der Waals surface area contributed by atoms with Crippen molar-refractivity contribution < 1.29 is 13.9 Å². The molecular formula is C8H15FN2O2. The van der Waals surface area contributed by atoms with Gasteiger partial charge < -0.3 is 10.5 Å². The zero-order valence-electron chi connectivity index (χ0n) is 7.92. The van der Waals surface area contributed by atoms with Crippen LogP contribution in [0.5, 0.6) is 0 Å². The number of likely N-dealkylation sites (tertiary alicyclic amines) is 1. The lowest BCUT2D eigenvalue weighted by Crippen LogP contribution is -2.52. The Morgan fingerprint density at radius 2 is 2.46 bits per heavy atom. The summed E-state index contributed by atoms with van der Waals surface area (Å²) in [6.45, 7) is 2.31. The molecule has 1 fully saturated rings. The maximum Gasteiger partial charge on any atom is 0.347 e. The van der Waals surface area contributed by atoms with E-state index in [9.17, 15) is 9.18 Å². The van der Waals surface area contributed by atoms with Crippen LogP contribution in [0.2, 0.25) is 0 Å². The number of nitrogens with two attached hydrogens (primary N) is 1. The van der Waals surface area contributed by atoms with Crippen molar-refractivity contribution in [2.75, 3.05) is 20.2 Å².